The quantitative estimate of drug-likeness (QED) is 0.845. The van der Waals surface area contributed by atoms with Gasteiger partial charge in [0.25, 0.3) is 0 Å². The minimum Gasteiger partial charge on any atom is -0.395 e. The Balaban J connectivity index is 2.89. The summed E-state index contributed by atoms with van der Waals surface area (Å²) in [6, 6.07) is 5.57. The lowest BCUT2D eigenvalue weighted by Crippen LogP contribution is -2.44. The maximum atomic E-state index is 13.1. The zero-order valence-corrected chi connectivity index (χ0v) is 11.6. The summed E-state index contributed by atoms with van der Waals surface area (Å²) in [5.41, 5.74) is 0.180. The minimum atomic E-state index is -4.37. The number of hydrogen-bond donors (Lipinski definition) is 2. The fraction of sp³-hybridized carbons (Fsp3) is 0.538. The zero-order valence-electron chi connectivity index (χ0n) is 10.8. The first-order valence-corrected chi connectivity index (χ1v) is 7.20. The second-order valence-electron chi connectivity index (χ2n) is 4.30. The average molecular weight is 293 g/mol. The van der Waals surface area contributed by atoms with E-state index in [0.29, 0.717) is 0 Å². The van der Waals surface area contributed by atoms with Gasteiger partial charge in [-0.05, 0) is 18.7 Å². The van der Waals surface area contributed by atoms with Gasteiger partial charge in [0.15, 0.2) is 0 Å². The van der Waals surface area contributed by atoms with Crippen LogP contribution >= 0.6 is 11.8 Å². The van der Waals surface area contributed by atoms with Gasteiger partial charge < -0.3 is 5.11 Å². The fourth-order valence-electron chi connectivity index (χ4n) is 1.83. The Labute approximate surface area is 115 Å². The lowest BCUT2D eigenvalue weighted by molar-refractivity contribution is -0.159. The standard InChI is InChI=1S/C13H18F3NOS/c1-9(11(8-18)19-2)17-12(13(14,15)16)10-6-4-3-5-7-10/h3-7,9,11-12,17-18H,8H2,1-2H3. The van der Waals surface area contributed by atoms with Crippen molar-refractivity contribution in [1.29, 1.82) is 0 Å². The van der Waals surface area contributed by atoms with Crippen molar-refractivity contribution in [3.63, 3.8) is 0 Å². The molecule has 1 aromatic rings. The molecule has 1 aromatic carbocycles. The molecular weight excluding hydrogens is 275 g/mol. The van der Waals surface area contributed by atoms with E-state index in [9.17, 15) is 13.2 Å². The topological polar surface area (TPSA) is 32.3 Å². The monoisotopic (exact) mass is 293 g/mol. The van der Waals surface area contributed by atoms with Crippen LogP contribution in [0.3, 0.4) is 0 Å². The number of nitrogens with one attached hydrogen (secondary N) is 1. The Morgan fingerprint density at radius 2 is 1.84 bits per heavy atom. The van der Waals surface area contributed by atoms with Crippen LogP contribution in [0, 0.1) is 0 Å². The number of aliphatic hydroxyl groups is 1. The third-order valence-corrected chi connectivity index (χ3v) is 4.09. The summed E-state index contributed by atoms with van der Waals surface area (Å²) < 4.78 is 39.3. The van der Waals surface area contributed by atoms with Gasteiger partial charge in [-0.2, -0.15) is 24.9 Å². The van der Waals surface area contributed by atoms with E-state index in [4.69, 9.17) is 5.11 Å². The molecule has 0 heterocycles. The minimum absolute atomic E-state index is 0.158. The van der Waals surface area contributed by atoms with E-state index >= 15 is 0 Å². The summed E-state index contributed by atoms with van der Waals surface area (Å²) in [4.78, 5) is 0. The maximum Gasteiger partial charge on any atom is 0.407 e. The number of rotatable bonds is 6. The van der Waals surface area contributed by atoms with E-state index in [-0.39, 0.29) is 17.4 Å². The van der Waals surface area contributed by atoms with Crippen LogP contribution in [0.4, 0.5) is 13.2 Å². The molecule has 0 amide bonds. The van der Waals surface area contributed by atoms with E-state index in [1.165, 1.54) is 23.9 Å². The van der Waals surface area contributed by atoms with Gasteiger partial charge in [-0.15, -0.1) is 0 Å². The molecule has 0 aliphatic rings. The third-order valence-electron chi connectivity index (χ3n) is 2.93. The smallest absolute Gasteiger partial charge is 0.395 e. The van der Waals surface area contributed by atoms with Gasteiger partial charge in [-0.1, -0.05) is 30.3 Å². The van der Waals surface area contributed by atoms with Crippen molar-refractivity contribution in [2.45, 2.75) is 30.4 Å². The molecule has 0 bridgehead atoms. The lowest BCUT2D eigenvalue weighted by atomic mass is 10.0. The highest BCUT2D eigenvalue weighted by atomic mass is 32.2. The van der Waals surface area contributed by atoms with Gasteiger partial charge in [-0.25, -0.2) is 0 Å². The number of thioether (sulfide) groups is 1. The van der Waals surface area contributed by atoms with Crippen LogP contribution < -0.4 is 5.32 Å². The van der Waals surface area contributed by atoms with Crippen molar-refractivity contribution in [1.82, 2.24) is 5.32 Å². The highest BCUT2D eigenvalue weighted by molar-refractivity contribution is 7.99. The summed E-state index contributed by atoms with van der Waals surface area (Å²) in [5, 5.41) is 11.4. The average Bonchev–Trinajstić information content (AvgIpc) is 2.37. The second kappa shape index (κ2) is 7.17. The molecule has 108 valence electrons. The van der Waals surface area contributed by atoms with E-state index in [1.807, 2.05) is 0 Å². The highest BCUT2D eigenvalue weighted by Crippen LogP contribution is 2.33. The maximum absolute atomic E-state index is 13.1. The summed E-state index contributed by atoms with van der Waals surface area (Å²) in [6.45, 7) is 1.49. The normalized spacial score (nSPS) is 16.9. The molecule has 0 fully saturated rings. The van der Waals surface area contributed by atoms with Crippen molar-refractivity contribution in [3.8, 4) is 0 Å². The highest BCUT2D eigenvalue weighted by Gasteiger charge is 2.41. The first-order chi connectivity index (χ1) is 8.90. The van der Waals surface area contributed by atoms with Crippen LogP contribution in [-0.4, -0.2) is 35.4 Å². The Kier molecular flexibility index (Phi) is 6.16. The Hall–Kier alpha value is -0.720. The van der Waals surface area contributed by atoms with Gasteiger partial charge in [0.2, 0.25) is 0 Å². The van der Waals surface area contributed by atoms with E-state index in [1.54, 1.807) is 31.4 Å². The fourth-order valence-corrected chi connectivity index (χ4v) is 2.47. The number of aliphatic hydroxyl groups excluding tert-OH is 1. The lowest BCUT2D eigenvalue weighted by Gasteiger charge is -2.29. The van der Waals surface area contributed by atoms with Crippen molar-refractivity contribution in [3.05, 3.63) is 35.9 Å². The molecule has 3 atom stereocenters. The second-order valence-corrected chi connectivity index (χ2v) is 5.37. The molecule has 0 aromatic heterocycles. The molecule has 0 saturated carbocycles. The van der Waals surface area contributed by atoms with Crippen LogP contribution in [0.25, 0.3) is 0 Å². The van der Waals surface area contributed by atoms with E-state index in [0.717, 1.165) is 0 Å². The predicted molar refractivity (Wildman–Crippen MR) is 72.2 cm³/mol. The van der Waals surface area contributed by atoms with Crippen LogP contribution in [0.1, 0.15) is 18.5 Å². The van der Waals surface area contributed by atoms with Crippen LogP contribution in [0.2, 0.25) is 0 Å². The van der Waals surface area contributed by atoms with Crippen molar-refractivity contribution < 1.29 is 18.3 Å². The molecule has 2 N–H and O–H groups in total. The molecule has 0 aliphatic carbocycles. The van der Waals surface area contributed by atoms with Crippen molar-refractivity contribution in [2.75, 3.05) is 12.9 Å². The Morgan fingerprint density at radius 1 is 1.26 bits per heavy atom. The molecule has 0 saturated heterocycles. The molecule has 3 unspecified atom stereocenters. The van der Waals surface area contributed by atoms with Gasteiger partial charge in [0.05, 0.1) is 6.61 Å². The first-order valence-electron chi connectivity index (χ1n) is 5.91. The first kappa shape index (κ1) is 16.3. The van der Waals surface area contributed by atoms with Crippen LogP contribution in [0.5, 0.6) is 0 Å². The van der Waals surface area contributed by atoms with Crippen molar-refractivity contribution >= 4 is 11.8 Å². The Bertz CT molecular complexity index is 368. The summed E-state index contributed by atoms with van der Waals surface area (Å²) in [6.07, 6.45) is -2.60. The summed E-state index contributed by atoms with van der Waals surface area (Å²) in [5.74, 6) is 0. The number of hydrogen-bond acceptors (Lipinski definition) is 3. The van der Waals surface area contributed by atoms with Gasteiger partial charge in [-0.3, -0.25) is 5.32 Å². The van der Waals surface area contributed by atoms with Gasteiger partial charge in [0.1, 0.15) is 6.04 Å². The summed E-state index contributed by atoms with van der Waals surface area (Å²) >= 11 is 1.35. The molecule has 19 heavy (non-hydrogen) atoms. The van der Waals surface area contributed by atoms with E-state index < -0.39 is 18.3 Å². The molecule has 1 rings (SSSR count). The molecule has 6 heteroatoms. The van der Waals surface area contributed by atoms with Gasteiger partial charge >= 0.3 is 6.18 Å². The third kappa shape index (κ3) is 4.71. The van der Waals surface area contributed by atoms with Crippen LogP contribution in [-0.2, 0) is 0 Å². The molecule has 0 radical (unpaired) electrons. The van der Waals surface area contributed by atoms with E-state index in [2.05, 4.69) is 5.32 Å². The Morgan fingerprint density at radius 3 is 2.26 bits per heavy atom. The number of alkyl halides is 3. The zero-order chi connectivity index (χ0) is 14.5. The van der Waals surface area contributed by atoms with Crippen molar-refractivity contribution in [2.24, 2.45) is 0 Å². The summed E-state index contributed by atoms with van der Waals surface area (Å²) in [7, 11) is 0. The number of benzene rings is 1. The molecule has 0 aliphatic heterocycles. The van der Waals surface area contributed by atoms with Crippen LogP contribution in [0.15, 0.2) is 30.3 Å². The van der Waals surface area contributed by atoms with Gasteiger partial charge in [0, 0.05) is 11.3 Å². The molecule has 2 nitrogen and oxygen atoms in total. The number of halogens is 3. The predicted octanol–water partition coefficient (Wildman–Crippen LogP) is 2.99. The molecule has 0 spiro atoms. The molecular formula is C13H18F3NOS. The SMILES string of the molecule is CSC(CO)C(C)NC(c1ccccc1)C(F)(F)F. The largest absolute Gasteiger partial charge is 0.407 e.